The van der Waals surface area contributed by atoms with Gasteiger partial charge in [-0.15, -0.1) is 0 Å². The van der Waals surface area contributed by atoms with Crippen LogP contribution in [0.5, 0.6) is 0 Å². The van der Waals surface area contributed by atoms with Crippen LogP contribution in [0.4, 0.5) is 0 Å². The zero-order valence-corrected chi connectivity index (χ0v) is 13.4. The Morgan fingerprint density at radius 2 is 2.00 bits per heavy atom. The Labute approximate surface area is 133 Å². The molecule has 120 valence electrons. The molecule has 1 aromatic carbocycles. The number of likely N-dealkylation sites (tertiary alicyclic amines) is 1. The number of piperidine rings is 1. The van der Waals surface area contributed by atoms with Crippen LogP contribution in [0, 0.1) is 5.92 Å². The number of rotatable bonds is 4. The van der Waals surface area contributed by atoms with Crippen molar-refractivity contribution in [3.05, 3.63) is 35.9 Å². The van der Waals surface area contributed by atoms with Crippen LogP contribution in [0.25, 0.3) is 0 Å². The minimum atomic E-state index is 0.208. The highest BCUT2D eigenvalue weighted by molar-refractivity contribution is 5.79. The Balaban J connectivity index is 1.51. The minimum absolute atomic E-state index is 0.208. The van der Waals surface area contributed by atoms with Gasteiger partial charge in [-0.1, -0.05) is 30.3 Å². The molecule has 4 nitrogen and oxygen atoms in total. The highest BCUT2D eigenvalue weighted by Crippen LogP contribution is 2.21. The fourth-order valence-electron chi connectivity index (χ4n) is 3.64. The lowest BCUT2D eigenvalue weighted by Crippen LogP contribution is -2.43. The van der Waals surface area contributed by atoms with E-state index in [2.05, 4.69) is 52.8 Å². The van der Waals surface area contributed by atoms with Crippen molar-refractivity contribution < 1.29 is 4.79 Å². The maximum Gasteiger partial charge on any atom is 0.223 e. The van der Waals surface area contributed by atoms with Gasteiger partial charge < -0.3 is 10.6 Å². The van der Waals surface area contributed by atoms with E-state index in [4.69, 9.17) is 0 Å². The Bertz CT molecular complexity index is 484. The van der Waals surface area contributed by atoms with Crippen LogP contribution in [0.15, 0.2) is 30.3 Å². The number of carbonyl (C=O) groups is 1. The molecule has 0 aliphatic carbocycles. The van der Waals surface area contributed by atoms with Crippen LogP contribution in [-0.4, -0.2) is 42.5 Å². The van der Waals surface area contributed by atoms with Crippen LogP contribution in [-0.2, 0) is 11.3 Å². The monoisotopic (exact) mass is 301 g/mol. The SMILES string of the molecule is CC1CC(NC(=O)C2CCNCC2)CN1Cc1ccccc1. The number of hydrogen-bond donors (Lipinski definition) is 2. The van der Waals surface area contributed by atoms with Crippen molar-refractivity contribution >= 4 is 5.91 Å². The van der Waals surface area contributed by atoms with Crippen molar-refractivity contribution in [2.24, 2.45) is 5.92 Å². The number of hydrogen-bond acceptors (Lipinski definition) is 3. The molecule has 2 atom stereocenters. The Hall–Kier alpha value is -1.39. The zero-order chi connectivity index (χ0) is 15.4. The summed E-state index contributed by atoms with van der Waals surface area (Å²) in [6.07, 6.45) is 3.01. The largest absolute Gasteiger partial charge is 0.352 e. The lowest BCUT2D eigenvalue weighted by Gasteiger charge is -2.24. The van der Waals surface area contributed by atoms with Crippen LogP contribution in [0.1, 0.15) is 31.7 Å². The van der Waals surface area contributed by atoms with Gasteiger partial charge in [0.15, 0.2) is 0 Å². The molecule has 2 aliphatic heterocycles. The first-order valence-corrected chi connectivity index (χ1v) is 8.51. The predicted molar refractivity (Wildman–Crippen MR) is 88.5 cm³/mol. The molecule has 2 saturated heterocycles. The van der Waals surface area contributed by atoms with Crippen molar-refractivity contribution in [3.63, 3.8) is 0 Å². The first-order valence-electron chi connectivity index (χ1n) is 8.51. The Morgan fingerprint density at radius 1 is 1.27 bits per heavy atom. The van der Waals surface area contributed by atoms with E-state index in [9.17, 15) is 4.79 Å². The molecule has 0 saturated carbocycles. The summed E-state index contributed by atoms with van der Waals surface area (Å²) in [5, 5.41) is 6.60. The molecule has 2 fully saturated rings. The van der Waals surface area contributed by atoms with Crippen molar-refractivity contribution in [3.8, 4) is 0 Å². The summed E-state index contributed by atoms with van der Waals surface area (Å²) in [5.74, 6) is 0.472. The maximum absolute atomic E-state index is 12.4. The highest BCUT2D eigenvalue weighted by Gasteiger charge is 2.31. The maximum atomic E-state index is 12.4. The summed E-state index contributed by atoms with van der Waals surface area (Å²) < 4.78 is 0. The van der Waals surface area contributed by atoms with Gasteiger partial charge in [0, 0.05) is 31.1 Å². The van der Waals surface area contributed by atoms with E-state index in [-0.39, 0.29) is 11.8 Å². The third-order valence-electron chi connectivity index (χ3n) is 4.99. The number of benzene rings is 1. The van der Waals surface area contributed by atoms with Crippen LogP contribution < -0.4 is 10.6 Å². The van der Waals surface area contributed by atoms with Crippen LogP contribution >= 0.6 is 0 Å². The minimum Gasteiger partial charge on any atom is -0.352 e. The van der Waals surface area contributed by atoms with E-state index < -0.39 is 0 Å². The van der Waals surface area contributed by atoms with Crippen LogP contribution in [0.2, 0.25) is 0 Å². The van der Waals surface area contributed by atoms with Crippen LogP contribution in [0.3, 0.4) is 0 Å². The zero-order valence-electron chi connectivity index (χ0n) is 13.4. The molecule has 2 N–H and O–H groups in total. The fourth-order valence-corrected chi connectivity index (χ4v) is 3.64. The van der Waals surface area contributed by atoms with Gasteiger partial charge in [-0.3, -0.25) is 9.69 Å². The van der Waals surface area contributed by atoms with E-state index in [0.717, 1.165) is 45.4 Å². The standard InChI is InChI=1S/C18H27N3O/c1-14-11-17(20-18(22)16-7-9-19-10-8-16)13-21(14)12-15-5-3-2-4-6-15/h2-6,14,16-17,19H,7-13H2,1H3,(H,20,22). The summed E-state index contributed by atoms with van der Waals surface area (Å²) in [4.78, 5) is 14.8. The quantitative estimate of drug-likeness (QED) is 0.891. The molecule has 0 spiro atoms. The van der Waals surface area contributed by atoms with Gasteiger partial charge in [0.2, 0.25) is 5.91 Å². The second-order valence-electron chi connectivity index (χ2n) is 6.73. The van der Waals surface area contributed by atoms with Gasteiger partial charge in [-0.05, 0) is 44.8 Å². The molecule has 0 radical (unpaired) electrons. The number of nitrogens with one attached hydrogen (secondary N) is 2. The summed E-state index contributed by atoms with van der Waals surface area (Å²) in [5.41, 5.74) is 1.35. The molecule has 4 heteroatoms. The van der Waals surface area contributed by atoms with Crippen molar-refractivity contribution in [1.82, 2.24) is 15.5 Å². The molecule has 2 aliphatic rings. The smallest absolute Gasteiger partial charge is 0.223 e. The van der Waals surface area contributed by atoms with E-state index >= 15 is 0 Å². The van der Waals surface area contributed by atoms with Gasteiger partial charge in [0.05, 0.1) is 0 Å². The number of nitrogens with zero attached hydrogens (tertiary/aromatic N) is 1. The molecule has 0 bridgehead atoms. The molecule has 1 aromatic rings. The second-order valence-corrected chi connectivity index (χ2v) is 6.73. The average molecular weight is 301 g/mol. The molecular formula is C18H27N3O. The van der Waals surface area contributed by atoms with E-state index in [0.29, 0.717) is 12.1 Å². The van der Waals surface area contributed by atoms with Crippen molar-refractivity contribution in [2.75, 3.05) is 19.6 Å². The van der Waals surface area contributed by atoms with E-state index in [1.165, 1.54) is 5.56 Å². The lowest BCUT2D eigenvalue weighted by molar-refractivity contribution is -0.126. The highest BCUT2D eigenvalue weighted by atomic mass is 16.2. The normalized spacial score (nSPS) is 27.0. The van der Waals surface area contributed by atoms with Gasteiger partial charge in [-0.2, -0.15) is 0 Å². The summed E-state index contributed by atoms with van der Waals surface area (Å²) in [6.45, 7) is 6.15. The Kier molecular flexibility index (Phi) is 5.11. The number of amides is 1. The van der Waals surface area contributed by atoms with Gasteiger partial charge in [-0.25, -0.2) is 0 Å². The summed E-state index contributed by atoms with van der Waals surface area (Å²) in [6, 6.07) is 11.4. The van der Waals surface area contributed by atoms with Crippen molar-refractivity contribution in [2.45, 2.75) is 44.8 Å². The first-order chi connectivity index (χ1) is 10.7. The molecule has 3 rings (SSSR count). The molecule has 2 unspecified atom stereocenters. The Morgan fingerprint density at radius 3 is 2.73 bits per heavy atom. The van der Waals surface area contributed by atoms with E-state index in [1.807, 2.05) is 0 Å². The third kappa shape index (κ3) is 3.87. The molecule has 22 heavy (non-hydrogen) atoms. The van der Waals surface area contributed by atoms with E-state index in [1.54, 1.807) is 0 Å². The predicted octanol–water partition coefficient (Wildman–Crippen LogP) is 1.77. The molecule has 0 aromatic heterocycles. The molecule has 1 amide bonds. The summed E-state index contributed by atoms with van der Waals surface area (Å²) in [7, 11) is 0. The van der Waals surface area contributed by atoms with Crippen molar-refractivity contribution in [1.29, 1.82) is 0 Å². The van der Waals surface area contributed by atoms with Gasteiger partial charge in [0.1, 0.15) is 0 Å². The van der Waals surface area contributed by atoms with Gasteiger partial charge in [0.25, 0.3) is 0 Å². The second kappa shape index (κ2) is 7.25. The molecule has 2 heterocycles. The first kappa shape index (κ1) is 15.5. The fraction of sp³-hybridized carbons (Fsp3) is 0.611. The third-order valence-corrected chi connectivity index (χ3v) is 4.99. The number of carbonyl (C=O) groups excluding carboxylic acids is 1. The average Bonchev–Trinajstić information content (AvgIpc) is 2.88. The topological polar surface area (TPSA) is 44.4 Å². The lowest BCUT2D eigenvalue weighted by atomic mass is 9.97. The molecular weight excluding hydrogens is 274 g/mol. The van der Waals surface area contributed by atoms with Gasteiger partial charge >= 0.3 is 0 Å². The summed E-state index contributed by atoms with van der Waals surface area (Å²) >= 11 is 0.